The zero-order chi connectivity index (χ0) is 17.9. The van der Waals surface area contributed by atoms with Gasteiger partial charge in [-0.25, -0.2) is 0 Å². The van der Waals surface area contributed by atoms with Crippen molar-refractivity contribution < 1.29 is 4.79 Å². The van der Waals surface area contributed by atoms with Gasteiger partial charge in [0.05, 0.1) is 0 Å². The topological polar surface area (TPSA) is 65.5 Å². The van der Waals surface area contributed by atoms with Gasteiger partial charge in [0, 0.05) is 33.1 Å². The first kappa shape index (κ1) is 18.5. The SMILES string of the molecule is CN=C(NCCC(=O)NCc1ccccc1)NCc1cccc(C)c1. The number of carbonyl (C=O) groups excluding carboxylic acids is 1. The lowest BCUT2D eigenvalue weighted by Gasteiger charge is -2.12. The van der Waals surface area contributed by atoms with E-state index < -0.39 is 0 Å². The predicted molar refractivity (Wildman–Crippen MR) is 102 cm³/mol. The van der Waals surface area contributed by atoms with Crippen molar-refractivity contribution in [3.05, 3.63) is 71.3 Å². The van der Waals surface area contributed by atoms with Crippen LogP contribution < -0.4 is 16.0 Å². The molecular formula is C20H26N4O. The molecule has 3 N–H and O–H groups in total. The summed E-state index contributed by atoms with van der Waals surface area (Å²) in [6.45, 7) is 3.86. The van der Waals surface area contributed by atoms with E-state index in [2.05, 4.69) is 46.1 Å². The Morgan fingerprint density at radius 3 is 2.36 bits per heavy atom. The van der Waals surface area contributed by atoms with E-state index in [1.807, 2.05) is 36.4 Å². The summed E-state index contributed by atoms with van der Waals surface area (Å²) in [5.41, 5.74) is 3.53. The Morgan fingerprint density at radius 1 is 0.920 bits per heavy atom. The number of nitrogens with one attached hydrogen (secondary N) is 3. The fourth-order valence-corrected chi connectivity index (χ4v) is 2.41. The van der Waals surface area contributed by atoms with Crippen molar-refractivity contribution in [2.75, 3.05) is 13.6 Å². The smallest absolute Gasteiger partial charge is 0.222 e. The Balaban J connectivity index is 1.65. The van der Waals surface area contributed by atoms with Gasteiger partial charge < -0.3 is 16.0 Å². The number of aliphatic imine (C=N–C) groups is 1. The normalized spacial score (nSPS) is 11.0. The Bertz CT molecular complexity index is 698. The van der Waals surface area contributed by atoms with Crippen LogP contribution in [0.5, 0.6) is 0 Å². The minimum Gasteiger partial charge on any atom is -0.356 e. The van der Waals surface area contributed by atoms with Crippen molar-refractivity contribution >= 4 is 11.9 Å². The lowest BCUT2D eigenvalue weighted by Crippen LogP contribution is -2.38. The quantitative estimate of drug-likeness (QED) is 0.536. The first-order valence-corrected chi connectivity index (χ1v) is 8.48. The van der Waals surface area contributed by atoms with Crippen LogP contribution >= 0.6 is 0 Å². The molecular weight excluding hydrogens is 312 g/mol. The molecule has 2 aromatic rings. The number of guanidine groups is 1. The van der Waals surface area contributed by atoms with Gasteiger partial charge in [-0.3, -0.25) is 9.79 Å². The Kier molecular flexibility index (Phi) is 7.50. The minimum atomic E-state index is 0.0190. The fourth-order valence-electron chi connectivity index (χ4n) is 2.41. The van der Waals surface area contributed by atoms with E-state index in [0.29, 0.717) is 32.0 Å². The van der Waals surface area contributed by atoms with Gasteiger partial charge >= 0.3 is 0 Å². The molecule has 0 saturated carbocycles. The zero-order valence-corrected chi connectivity index (χ0v) is 14.9. The first-order valence-electron chi connectivity index (χ1n) is 8.48. The largest absolute Gasteiger partial charge is 0.356 e. The molecule has 5 nitrogen and oxygen atoms in total. The van der Waals surface area contributed by atoms with Crippen molar-refractivity contribution in [1.29, 1.82) is 0 Å². The lowest BCUT2D eigenvalue weighted by molar-refractivity contribution is -0.121. The highest BCUT2D eigenvalue weighted by molar-refractivity contribution is 5.81. The van der Waals surface area contributed by atoms with Gasteiger partial charge in [-0.1, -0.05) is 60.2 Å². The van der Waals surface area contributed by atoms with Crippen molar-refractivity contribution in [1.82, 2.24) is 16.0 Å². The van der Waals surface area contributed by atoms with E-state index in [0.717, 1.165) is 5.56 Å². The van der Waals surface area contributed by atoms with Gasteiger partial charge in [0.25, 0.3) is 0 Å². The number of benzene rings is 2. The number of aryl methyl sites for hydroxylation is 1. The summed E-state index contributed by atoms with van der Waals surface area (Å²) < 4.78 is 0. The molecule has 132 valence electrons. The number of hydrogen-bond donors (Lipinski definition) is 3. The van der Waals surface area contributed by atoms with Crippen LogP contribution in [-0.4, -0.2) is 25.5 Å². The third-order valence-electron chi connectivity index (χ3n) is 3.74. The zero-order valence-electron chi connectivity index (χ0n) is 14.9. The van der Waals surface area contributed by atoms with E-state index in [9.17, 15) is 4.79 Å². The highest BCUT2D eigenvalue weighted by Gasteiger charge is 2.03. The molecule has 0 heterocycles. The van der Waals surface area contributed by atoms with Crippen molar-refractivity contribution in [2.45, 2.75) is 26.4 Å². The van der Waals surface area contributed by atoms with Gasteiger partial charge in [-0.05, 0) is 18.1 Å². The average molecular weight is 338 g/mol. The summed E-state index contributed by atoms with van der Waals surface area (Å²) >= 11 is 0. The molecule has 0 aliphatic heterocycles. The van der Waals surface area contributed by atoms with E-state index >= 15 is 0 Å². The van der Waals surface area contributed by atoms with Gasteiger partial charge in [0.15, 0.2) is 5.96 Å². The molecule has 5 heteroatoms. The van der Waals surface area contributed by atoms with E-state index in [1.165, 1.54) is 11.1 Å². The van der Waals surface area contributed by atoms with Crippen LogP contribution in [0.15, 0.2) is 59.6 Å². The number of hydrogen-bond acceptors (Lipinski definition) is 2. The van der Waals surface area contributed by atoms with Crippen molar-refractivity contribution in [2.24, 2.45) is 4.99 Å². The standard InChI is InChI=1S/C20H26N4O/c1-16-7-6-10-18(13-16)15-24-20(21-2)22-12-11-19(25)23-14-17-8-4-3-5-9-17/h3-10,13H,11-12,14-15H2,1-2H3,(H,23,25)(H2,21,22,24). The number of rotatable bonds is 7. The molecule has 0 aliphatic rings. The summed E-state index contributed by atoms with van der Waals surface area (Å²) in [5.74, 6) is 0.711. The second-order valence-electron chi connectivity index (χ2n) is 5.85. The number of amides is 1. The molecule has 0 aliphatic carbocycles. The molecule has 25 heavy (non-hydrogen) atoms. The van der Waals surface area contributed by atoms with Crippen molar-refractivity contribution in [3.8, 4) is 0 Å². The predicted octanol–water partition coefficient (Wildman–Crippen LogP) is 2.37. The summed E-state index contributed by atoms with van der Waals surface area (Å²) in [7, 11) is 1.72. The van der Waals surface area contributed by atoms with Crippen LogP contribution in [0.4, 0.5) is 0 Å². The third-order valence-corrected chi connectivity index (χ3v) is 3.74. The molecule has 0 unspecified atom stereocenters. The van der Waals surface area contributed by atoms with E-state index in [-0.39, 0.29) is 5.91 Å². The van der Waals surface area contributed by atoms with Crippen LogP contribution in [0.2, 0.25) is 0 Å². The maximum atomic E-state index is 11.9. The van der Waals surface area contributed by atoms with Crippen LogP contribution in [0.3, 0.4) is 0 Å². The summed E-state index contributed by atoms with van der Waals surface area (Å²) in [6, 6.07) is 18.2. The average Bonchev–Trinajstić information content (AvgIpc) is 2.63. The van der Waals surface area contributed by atoms with Crippen LogP contribution in [0.25, 0.3) is 0 Å². The van der Waals surface area contributed by atoms with Gasteiger partial charge in [-0.15, -0.1) is 0 Å². The molecule has 0 fully saturated rings. The molecule has 0 spiro atoms. The molecule has 0 saturated heterocycles. The summed E-state index contributed by atoms with van der Waals surface area (Å²) in [5, 5.41) is 9.33. The van der Waals surface area contributed by atoms with E-state index in [4.69, 9.17) is 0 Å². The highest BCUT2D eigenvalue weighted by Crippen LogP contribution is 2.03. The molecule has 0 bridgehead atoms. The fraction of sp³-hybridized carbons (Fsp3) is 0.300. The van der Waals surface area contributed by atoms with Gasteiger partial charge in [0.2, 0.25) is 5.91 Å². The van der Waals surface area contributed by atoms with Crippen LogP contribution in [0, 0.1) is 6.92 Å². The maximum Gasteiger partial charge on any atom is 0.222 e. The van der Waals surface area contributed by atoms with Gasteiger partial charge in [0.1, 0.15) is 0 Å². The molecule has 2 aromatic carbocycles. The number of nitrogens with zero attached hydrogens (tertiary/aromatic N) is 1. The molecule has 2 rings (SSSR count). The second-order valence-corrected chi connectivity index (χ2v) is 5.85. The first-order chi connectivity index (χ1) is 12.2. The van der Waals surface area contributed by atoms with E-state index in [1.54, 1.807) is 7.05 Å². The molecule has 0 aromatic heterocycles. The summed E-state index contributed by atoms with van der Waals surface area (Å²) in [4.78, 5) is 16.1. The summed E-state index contributed by atoms with van der Waals surface area (Å²) in [6.07, 6.45) is 0.401. The Labute approximate surface area is 149 Å². The highest BCUT2D eigenvalue weighted by atomic mass is 16.1. The Morgan fingerprint density at radius 2 is 1.64 bits per heavy atom. The Hall–Kier alpha value is -2.82. The monoisotopic (exact) mass is 338 g/mol. The molecule has 0 atom stereocenters. The third kappa shape index (κ3) is 7.08. The molecule has 1 amide bonds. The minimum absolute atomic E-state index is 0.0190. The molecule has 0 radical (unpaired) electrons. The maximum absolute atomic E-state index is 11.9. The number of carbonyl (C=O) groups is 1. The van der Waals surface area contributed by atoms with Crippen LogP contribution in [0.1, 0.15) is 23.1 Å². The second kappa shape index (κ2) is 10.1. The lowest BCUT2D eigenvalue weighted by atomic mass is 10.1. The van der Waals surface area contributed by atoms with Crippen LogP contribution in [-0.2, 0) is 17.9 Å². The van der Waals surface area contributed by atoms with Gasteiger partial charge in [-0.2, -0.15) is 0 Å². The van der Waals surface area contributed by atoms with Crippen molar-refractivity contribution in [3.63, 3.8) is 0 Å².